The molecule has 1 aliphatic rings. The Bertz CT molecular complexity index is 462. The van der Waals surface area contributed by atoms with Gasteiger partial charge in [0.25, 0.3) is 5.91 Å². The molecule has 0 saturated heterocycles. The van der Waals surface area contributed by atoms with Gasteiger partial charge in [-0.25, -0.2) is 0 Å². The van der Waals surface area contributed by atoms with Crippen molar-refractivity contribution in [3.05, 3.63) is 10.1 Å². The highest BCUT2D eigenvalue weighted by molar-refractivity contribution is 5.88. The lowest BCUT2D eigenvalue weighted by Gasteiger charge is -2.17. The number of carbonyl (C=O) groups excluding carboxylic acids is 3. The molecule has 0 unspecified atom stereocenters. The number of nitro groups is 1. The molecule has 124 valence electrons. The maximum atomic E-state index is 11.9. The number of carbonyl (C=O) groups is 3. The van der Waals surface area contributed by atoms with Gasteiger partial charge in [0.05, 0.1) is 6.42 Å². The molecule has 0 spiro atoms. The third-order valence-electron chi connectivity index (χ3n) is 3.74. The van der Waals surface area contributed by atoms with Gasteiger partial charge >= 0.3 is 5.97 Å². The highest BCUT2D eigenvalue weighted by atomic mass is 16.6. The van der Waals surface area contributed by atoms with E-state index in [1.807, 2.05) is 0 Å². The zero-order valence-corrected chi connectivity index (χ0v) is 13.0. The molecule has 0 bridgehead atoms. The van der Waals surface area contributed by atoms with E-state index < -0.39 is 35.2 Å². The minimum atomic E-state index is -0.693. The van der Waals surface area contributed by atoms with E-state index in [1.54, 1.807) is 20.8 Å². The number of esters is 1. The summed E-state index contributed by atoms with van der Waals surface area (Å²) in [4.78, 5) is 45.2. The molecule has 1 saturated carbocycles. The normalized spacial score (nSPS) is 24.4. The van der Waals surface area contributed by atoms with Crippen molar-refractivity contribution in [2.75, 3.05) is 13.2 Å². The van der Waals surface area contributed by atoms with E-state index >= 15 is 0 Å². The fourth-order valence-corrected chi connectivity index (χ4v) is 2.75. The van der Waals surface area contributed by atoms with Crippen LogP contribution in [0.15, 0.2) is 0 Å². The molecule has 0 aromatic heterocycles. The van der Waals surface area contributed by atoms with Crippen LogP contribution in [-0.4, -0.2) is 41.8 Å². The quantitative estimate of drug-likeness (QED) is 0.417. The van der Waals surface area contributed by atoms with Gasteiger partial charge in [0, 0.05) is 29.2 Å². The first-order chi connectivity index (χ1) is 10.2. The van der Waals surface area contributed by atoms with Crippen LogP contribution < -0.4 is 5.32 Å². The van der Waals surface area contributed by atoms with E-state index in [0.717, 1.165) is 0 Å². The number of nitrogens with one attached hydrogen (secondary N) is 1. The average Bonchev–Trinajstić information content (AvgIpc) is 2.62. The van der Waals surface area contributed by atoms with Gasteiger partial charge < -0.3 is 10.1 Å². The summed E-state index contributed by atoms with van der Waals surface area (Å²) in [5.41, 5.74) is 0. The topological polar surface area (TPSA) is 116 Å². The van der Waals surface area contributed by atoms with Crippen molar-refractivity contribution in [1.82, 2.24) is 5.32 Å². The Balaban J connectivity index is 2.52. The number of ether oxygens (including phenoxy) is 1. The summed E-state index contributed by atoms with van der Waals surface area (Å²) >= 11 is 0. The number of Topliss-reactive ketones (excluding diaryl/α,β-unsaturated/α-hetero) is 1. The van der Waals surface area contributed by atoms with Gasteiger partial charge in [-0.1, -0.05) is 6.92 Å². The third-order valence-corrected chi connectivity index (χ3v) is 3.74. The Morgan fingerprint density at radius 2 is 2.09 bits per heavy atom. The number of nitrogens with zero attached hydrogens (tertiary/aromatic N) is 1. The number of hydrogen-bond donors (Lipinski definition) is 1. The van der Waals surface area contributed by atoms with E-state index in [4.69, 9.17) is 4.74 Å². The van der Waals surface area contributed by atoms with Crippen LogP contribution in [0.1, 0.15) is 33.6 Å². The molecule has 8 nitrogen and oxygen atoms in total. The Labute approximate surface area is 128 Å². The number of rotatable bonds is 7. The summed E-state index contributed by atoms with van der Waals surface area (Å²) in [6.07, 6.45) is 0.0287. The second kappa shape index (κ2) is 7.86. The molecule has 3 atom stereocenters. The zero-order chi connectivity index (χ0) is 16.9. The van der Waals surface area contributed by atoms with Crippen LogP contribution in [0.4, 0.5) is 0 Å². The molecule has 1 rings (SSSR count). The second-order valence-electron chi connectivity index (χ2n) is 6.02. The van der Waals surface area contributed by atoms with Crippen molar-refractivity contribution in [3.8, 4) is 0 Å². The van der Waals surface area contributed by atoms with Crippen molar-refractivity contribution >= 4 is 17.7 Å². The van der Waals surface area contributed by atoms with Crippen molar-refractivity contribution < 1.29 is 24.0 Å². The summed E-state index contributed by atoms with van der Waals surface area (Å²) in [6, 6.07) is -0.0621. The molecule has 0 aliphatic heterocycles. The van der Waals surface area contributed by atoms with E-state index in [-0.39, 0.29) is 37.1 Å². The van der Waals surface area contributed by atoms with Crippen molar-refractivity contribution in [2.24, 2.45) is 17.8 Å². The third kappa shape index (κ3) is 5.42. The van der Waals surface area contributed by atoms with Gasteiger partial charge in [-0.2, -0.15) is 0 Å². The molecule has 0 aromatic carbocycles. The first kappa shape index (κ1) is 18.1. The minimum absolute atomic E-state index is 0.0621. The van der Waals surface area contributed by atoms with Crippen LogP contribution in [-0.2, 0) is 19.1 Å². The van der Waals surface area contributed by atoms with Crippen LogP contribution >= 0.6 is 0 Å². The first-order valence-electron chi connectivity index (χ1n) is 7.30. The maximum Gasteiger partial charge on any atom is 0.307 e. The minimum Gasteiger partial charge on any atom is -0.456 e. The SMILES string of the molecule is CC(C)NC(=O)COC(=O)C[C@H]1C(=O)C[C@H](C)[C@H]1C[N+](=O)[O-]. The molecule has 0 heterocycles. The van der Waals surface area contributed by atoms with Gasteiger partial charge in [0.2, 0.25) is 6.54 Å². The number of ketones is 1. The number of amides is 1. The Hall–Kier alpha value is -1.99. The summed E-state index contributed by atoms with van der Waals surface area (Å²) in [7, 11) is 0. The Morgan fingerprint density at radius 3 is 2.64 bits per heavy atom. The van der Waals surface area contributed by atoms with Gasteiger partial charge in [-0.05, 0) is 19.8 Å². The highest BCUT2D eigenvalue weighted by Crippen LogP contribution is 2.36. The molecular formula is C14H22N2O6. The summed E-state index contributed by atoms with van der Waals surface area (Å²) in [6.45, 7) is 4.58. The maximum absolute atomic E-state index is 11.9. The first-order valence-corrected chi connectivity index (χ1v) is 7.30. The van der Waals surface area contributed by atoms with Crippen LogP contribution in [0, 0.1) is 27.9 Å². The van der Waals surface area contributed by atoms with Gasteiger partial charge in [0.15, 0.2) is 6.61 Å². The molecule has 1 N–H and O–H groups in total. The number of hydrogen-bond acceptors (Lipinski definition) is 6. The van der Waals surface area contributed by atoms with Crippen LogP contribution in [0.2, 0.25) is 0 Å². The molecular weight excluding hydrogens is 292 g/mol. The molecule has 0 aromatic rings. The highest BCUT2D eigenvalue weighted by Gasteiger charge is 2.44. The van der Waals surface area contributed by atoms with Gasteiger partial charge in [-0.15, -0.1) is 0 Å². The molecule has 8 heteroatoms. The van der Waals surface area contributed by atoms with E-state index in [2.05, 4.69) is 5.32 Å². The summed E-state index contributed by atoms with van der Waals surface area (Å²) in [5, 5.41) is 13.3. The largest absolute Gasteiger partial charge is 0.456 e. The Morgan fingerprint density at radius 1 is 1.45 bits per heavy atom. The molecule has 1 fully saturated rings. The molecule has 0 radical (unpaired) electrons. The lowest BCUT2D eigenvalue weighted by atomic mass is 9.88. The lowest BCUT2D eigenvalue weighted by molar-refractivity contribution is -0.490. The van der Waals surface area contributed by atoms with Gasteiger partial charge in [0.1, 0.15) is 5.78 Å². The predicted octanol–water partition coefficient (Wildman–Crippen LogP) is 0.562. The van der Waals surface area contributed by atoms with Crippen molar-refractivity contribution in [3.63, 3.8) is 0 Å². The van der Waals surface area contributed by atoms with Crippen LogP contribution in [0.5, 0.6) is 0 Å². The summed E-state index contributed by atoms with van der Waals surface area (Å²) in [5.74, 6) is -2.53. The average molecular weight is 314 g/mol. The fraction of sp³-hybridized carbons (Fsp3) is 0.786. The smallest absolute Gasteiger partial charge is 0.307 e. The molecule has 1 aliphatic carbocycles. The van der Waals surface area contributed by atoms with E-state index in [0.29, 0.717) is 0 Å². The fourth-order valence-electron chi connectivity index (χ4n) is 2.75. The van der Waals surface area contributed by atoms with Crippen LogP contribution in [0.25, 0.3) is 0 Å². The van der Waals surface area contributed by atoms with Gasteiger partial charge in [-0.3, -0.25) is 24.5 Å². The zero-order valence-electron chi connectivity index (χ0n) is 13.0. The van der Waals surface area contributed by atoms with Crippen LogP contribution in [0.3, 0.4) is 0 Å². The van der Waals surface area contributed by atoms with Crippen molar-refractivity contribution in [1.29, 1.82) is 0 Å². The monoisotopic (exact) mass is 314 g/mol. The Kier molecular flexibility index (Phi) is 6.45. The summed E-state index contributed by atoms with van der Waals surface area (Å²) < 4.78 is 4.83. The van der Waals surface area contributed by atoms with E-state index in [9.17, 15) is 24.5 Å². The standard InChI is InChI=1S/C14H22N2O6/c1-8(2)15-13(18)7-22-14(19)5-10-11(6-16(20)21)9(3)4-12(10)17/h8-11H,4-7H2,1-3H3,(H,15,18)/t9-,10+,11+/m0/s1. The second-order valence-corrected chi connectivity index (χ2v) is 6.02. The predicted molar refractivity (Wildman–Crippen MR) is 76.5 cm³/mol. The molecule has 1 amide bonds. The lowest BCUT2D eigenvalue weighted by Crippen LogP contribution is -2.34. The van der Waals surface area contributed by atoms with Crippen molar-refractivity contribution in [2.45, 2.75) is 39.7 Å². The molecule has 22 heavy (non-hydrogen) atoms. The van der Waals surface area contributed by atoms with E-state index in [1.165, 1.54) is 0 Å².